The molecule has 0 fully saturated rings. The SMILES string of the molecule is CNC(=O)Cc1csc(NC(=O)/C=C/c2ccccc2)n1. The van der Waals surface area contributed by atoms with E-state index in [0.29, 0.717) is 10.8 Å². The molecule has 0 aliphatic carbocycles. The Balaban J connectivity index is 1.91. The molecule has 2 amide bonds. The fraction of sp³-hybridized carbons (Fsp3) is 0.133. The maximum Gasteiger partial charge on any atom is 0.250 e. The van der Waals surface area contributed by atoms with Gasteiger partial charge in [-0.15, -0.1) is 11.3 Å². The summed E-state index contributed by atoms with van der Waals surface area (Å²) < 4.78 is 0. The van der Waals surface area contributed by atoms with E-state index in [4.69, 9.17) is 0 Å². The van der Waals surface area contributed by atoms with Gasteiger partial charge in [0.2, 0.25) is 11.8 Å². The molecular weight excluding hydrogens is 286 g/mol. The highest BCUT2D eigenvalue weighted by Crippen LogP contribution is 2.15. The Kier molecular flexibility index (Phi) is 5.22. The molecule has 2 N–H and O–H groups in total. The van der Waals surface area contributed by atoms with Gasteiger partial charge in [0.15, 0.2) is 5.13 Å². The zero-order valence-corrected chi connectivity index (χ0v) is 12.3. The van der Waals surface area contributed by atoms with Crippen molar-refractivity contribution < 1.29 is 9.59 Å². The normalized spacial score (nSPS) is 10.5. The quantitative estimate of drug-likeness (QED) is 0.831. The molecule has 0 spiro atoms. The van der Waals surface area contributed by atoms with Crippen LogP contribution in [0.2, 0.25) is 0 Å². The van der Waals surface area contributed by atoms with Crippen LogP contribution in [-0.4, -0.2) is 23.8 Å². The van der Waals surface area contributed by atoms with Crippen molar-refractivity contribution in [1.29, 1.82) is 0 Å². The van der Waals surface area contributed by atoms with E-state index in [1.54, 1.807) is 18.5 Å². The third-order valence-electron chi connectivity index (χ3n) is 2.63. The maximum atomic E-state index is 11.8. The lowest BCUT2D eigenvalue weighted by Crippen LogP contribution is -2.20. The van der Waals surface area contributed by atoms with Crippen LogP contribution in [0.15, 0.2) is 41.8 Å². The number of amides is 2. The number of rotatable bonds is 5. The second-order valence-corrected chi connectivity index (χ2v) is 5.09. The monoisotopic (exact) mass is 301 g/mol. The molecule has 5 nitrogen and oxygen atoms in total. The summed E-state index contributed by atoms with van der Waals surface area (Å²) in [5.41, 5.74) is 1.59. The van der Waals surface area contributed by atoms with Crippen LogP contribution < -0.4 is 10.6 Å². The van der Waals surface area contributed by atoms with Crippen LogP contribution in [0.1, 0.15) is 11.3 Å². The Morgan fingerprint density at radius 3 is 2.76 bits per heavy atom. The second kappa shape index (κ2) is 7.35. The Morgan fingerprint density at radius 1 is 1.29 bits per heavy atom. The van der Waals surface area contributed by atoms with Crippen molar-refractivity contribution in [3.8, 4) is 0 Å². The highest BCUT2D eigenvalue weighted by Gasteiger charge is 2.07. The molecule has 0 aliphatic rings. The van der Waals surface area contributed by atoms with Crippen molar-refractivity contribution in [3.63, 3.8) is 0 Å². The number of carbonyl (C=O) groups excluding carboxylic acids is 2. The van der Waals surface area contributed by atoms with Gasteiger partial charge >= 0.3 is 0 Å². The van der Waals surface area contributed by atoms with Gasteiger partial charge in [0.25, 0.3) is 0 Å². The summed E-state index contributed by atoms with van der Waals surface area (Å²) in [4.78, 5) is 27.2. The fourth-order valence-corrected chi connectivity index (χ4v) is 2.29. The van der Waals surface area contributed by atoms with Gasteiger partial charge in [-0.3, -0.25) is 14.9 Å². The van der Waals surface area contributed by atoms with Crippen molar-refractivity contribution in [3.05, 3.63) is 53.0 Å². The van der Waals surface area contributed by atoms with Crippen LogP contribution in [0.5, 0.6) is 0 Å². The van der Waals surface area contributed by atoms with Gasteiger partial charge < -0.3 is 5.32 Å². The Labute approximate surface area is 126 Å². The minimum Gasteiger partial charge on any atom is -0.359 e. The first-order valence-corrected chi connectivity index (χ1v) is 7.24. The van der Waals surface area contributed by atoms with E-state index in [-0.39, 0.29) is 18.2 Å². The number of hydrogen-bond acceptors (Lipinski definition) is 4. The number of carbonyl (C=O) groups is 2. The fourth-order valence-electron chi connectivity index (χ4n) is 1.58. The van der Waals surface area contributed by atoms with E-state index in [2.05, 4.69) is 15.6 Å². The summed E-state index contributed by atoms with van der Waals surface area (Å²) in [7, 11) is 1.58. The highest BCUT2D eigenvalue weighted by atomic mass is 32.1. The molecule has 0 saturated heterocycles. The molecule has 1 aromatic carbocycles. The van der Waals surface area contributed by atoms with Crippen LogP contribution in [-0.2, 0) is 16.0 Å². The standard InChI is InChI=1S/C15H15N3O2S/c1-16-14(20)9-12-10-21-15(17-12)18-13(19)8-7-11-5-3-2-4-6-11/h2-8,10H,9H2,1H3,(H,16,20)(H,17,18,19)/b8-7+. The van der Waals surface area contributed by atoms with Crippen LogP contribution in [0.3, 0.4) is 0 Å². The largest absolute Gasteiger partial charge is 0.359 e. The average molecular weight is 301 g/mol. The number of benzene rings is 1. The first-order valence-electron chi connectivity index (χ1n) is 6.36. The third-order valence-corrected chi connectivity index (χ3v) is 3.44. The number of thiazole rings is 1. The van der Waals surface area contributed by atoms with Crippen molar-refractivity contribution in [1.82, 2.24) is 10.3 Å². The zero-order chi connectivity index (χ0) is 15.1. The van der Waals surface area contributed by atoms with Gasteiger partial charge in [-0.2, -0.15) is 0 Å². The lowest BCUT2D eigenvalue weighted by molar-refractivity contribution is -0.120. The molecule has 2 aromatic rings. The molecular formula is C15H15N3O2S. The van der Waals surface area contributed by atoms with Gasteiger partial charge in [-0.05, 0) is 11.6 Å². The lowest BCUT2D eigenvalue weighted by Gasteiger charge is -1.97. The lowest BCUT2D eigenvalue weighted by atomic mass is 10.2. The molecule has 0 unspecified atom stereocenters. The summed E-state index contributed by atoms with van der Waals surface area (Å²) in [6.45, 7) is 0. The van der Waals surface area contributed by atoms with Gasteiger partial charge in [0, 0.05) is 18.5 Å². The second-order valence-electron chi connectivity index (χ2n) is 4.23. The smallest absolute Gasteiger partial charge is 0.250 e. The first-order chi connectivity index (χ1) is 10.2. The van der Waals surface area contributed by atoms with Gasteiger partial charge in [-0.25, -0.2) is 4.98 Å². The molecule has 108 valence electrons. The number of nitrogens with one attached hydrogen (secondary N) is 2. The van der Waals surface area contributed by atoms with Crippen molar-refractivity contribution in [2.45, 2.75) is 6.42 Å². The molecule has 6 heteroatoms. The highest BCUT2D eigenvalue weighted by molar-refractivity contribution is 7.14. The van der Waals surface area contributed by atoms with Crippen molar-refractivity contribution in [2.75, 3.05) is 12.4 Å². The number of hydrogen-bond donors (Lipinski definition) is 2. The van der Waals surface area contributed by atoms with Gasteiger partial charge in [0.1, 0.15) is 0 Å². The van der Waals surface area contributed by atoms with E-state index >= 15 is 0 Å². The van der Waals surface area contributed by atoms with E-state index in [0.717, 1.165) is 5.56 Å². The minimum absolute atomic E-state index is 0.109. The number of nitrogens with zero attached hydrogens (tertiary/aromatic N) is 1. The summed E-state index contributed by atoms with van der Waals surface area (Å²) in [5, 5.41) is 7.44. The minimum atomic E-state index is -0.250. The predicted octanol–water partition coefficient (Wildman–Crippen LogP) is 2.08. The molecule has 0 bridgehead atoms. The molecule has 0 saturated carbocycles. The average Bonchev–Trinajstić information content (AvgIpc) is 2.93. The van der Waals surface area contributed by atoms with Crippen LogP contribution in [0.25, 0.3) is 6.08 Å². The van der Waals surface area contributed by atoms with E-state index in [1.807, 2.05) is 30.3 Å². The topological polar surface area (TPSA) is 71.1 Å². The first kappa shape index (κ1) is 14.9. The van der Waals surface area contributed by atoms with Crippen LogP contribution >= 0.6 is 11.3 Å². The molecule has 2 rings (SSSR count). The summed E-state index contributed by atoms with van der Waals surface area (Å²) >= 11 is 1.30. The van der Waals surface area contributed by atoms with Crippen molar-refractivity contribution >= 4 is 34.4 Å². The van der Waals surface area contributed by atoms with E-state index in [1.165, 1.54) is 17.4 Å². The molecule has 0 radical (unpaired) electrons. The predicted molar refractivity (Wildman–Crippen MR) is 84.0 cm³/mol. The Bertz CT molecular complexity index is 650. The van der Waals surface area contributed by atoms with Crippen molar-refractivity contribution in [2.24, 2.45) is 0 Å². The van der Waals surface area contributed by atoms with Gasteiger partial charge in [-0.1, -0.05) is 30.3 Å². The Morgan fingerprint density at radius 2 is 2.05 bits per heavy atom. The molecule has 1 heterocycles. The molecule has 0 atom stereocenters. The zero-order valence-electron chi connectivity index (χ0n) is 11.5. The van der Waals surface area contributed by atoms with E-state index < -0.39 is 0 Å². The van der Waals surface area contributed by atoms with Crippen LogP contribution in [0.4, 0.5) is 5.13 Å². The Hall–Kier alpha value is -2.47. The molecule has 21 heavy (non-hydrogen) atoms. The third kappa shape index (κ3) is 4.85. The number of aromatic nitrogens is 1. The summed E-state index contributed by atoms with van der Waals surface area (Å²) in [6, 6.07) is 9.55. The number of likely N-dealkylation sites (N-methyl/N-ethyl adjacent to an activating group) is 1. The molecule has 1 aromatic heterocycles. The summed E-state index contributed by atoms with van der Waals surface area (Å²) in [6.07, 6.45) is 3.40. The van der Waals surface area contributed by atoms with Gasteiger partial charge in [0.05, 0.1) is 12.1 Å². The maximum absolute atomic E-state index is 11.8. The van der Waals surface area contributed by atoms with E-state index in [9.17, 15) is 9.59 Å². The van der Waals surface area contributed by atoms with Crippen LogP contribution in [0, 0.1) is 0 Å². The number of anilines is 1. The summed E-state index contributed by atoms with van der Waals surface area (Å²) in [5.74, 6) is -0.359. The molecule has 0 aliphatic heterocycles.